The molecule has 1 aliphatic heterocycles. The molecule has 0 spiro atoms. The molecule has 0 unspecified atom stereocenters. The number of benzene rings is 2. The summed E-state index contributed by atoms with van der Waals surface area (Å²) in [5.41, 5.74) is 1.83. The molecular weight excluding hydrogens is 380 g/mol. The summed E-state index contributed by atoms with van der Waals surface area (Å²) in [5.74, 6) is 0.532. The summed E-state index contributed by atoms with van der Waals surface area (Å²) in [4.78, 5) is 40.7. The molecule has 0 bridgehead atoms. The van der Waals surface area contributed by atoms with Crippen LogP contribution in [0.5, 0.6) is 0 Å². The zero-order chi connectivity index (χ0) is 21.6. The van der Waals surface area contributed by atoms with Crippen molar-refractivity contribution in [1.29, 1.82) is 0 Å². The van der Waals surface area contributed by atoms with Gasteiger partial charge in [0.2, 0.25) is 0 Å². The van der Waals surface area contributed by atoms with Crippen LogP contribution in [0.2, 0.25) is 0 Å². The number of ether oxygens (including phenoxy) is 1. The summed E-state index contributed by atoms with van der Waals surface area (Å²) >= 11 is 0. The second-order valence-electron chi connectivity index (χ2n) is 7.65. The Morgan fingerprint density at radius 2 is 1.50 bits per heavy atom. The summed E-state index contributed by atoms with van der Waals surface area (Å²) in [7, 11) is 0. The van der Waals surface area contributed by atoms with E-state index in [9.17, 15) is 14.4 Å². The number of aliphatic imine (C=N–C) groups is 1. The van der Waals surface area contributed by atoms with Crippen LogP contribution in [0.3, 0.4) is 0 Å². The number of amidine groups is 1. The van der Waals surface area contributed by atoms with E-state index in [4.69, 9.17) is 4.74 Å². The number of para-hydroxylation sites is 1. The van der Waals surface area contributed by atoms with Crippen LogP contribution >= 0.6 is 0 Å². The lowest BCUT2D eigenvalue weighted by Gasteiger charge is -2.31. The maximum atomic E-state index is 12.5. The molecule has 30 heavy (non-hydrogen) atoms. The molecule has 6 heteroatoms. The van der Waals surface area contributed by atoms with Crippen LogP contribution in [-0.2, 0) is 26.3 Å². The molecule has 2 aromatic carbocycles. The van der Waals surface area contributed by atoms with Gasteiger partial charge in [-0.15, -0.1) is 0 Å². The normalized spacial score (nSPS) is 13.9. The lowest BCUT2D eigenvalue weighted by molar-refractivity contribution is -0.117. The van der Waals surface area contributed by atoms with E-state index < -0.39 is 11.5 Å². The third-order valence-corrected chi connectivity index (χ3v) is 5.35. The van der Waals surface area contributed by atoms with Gasteiger partial charge >= 0.3 is 6.09 Å². The first-order chi connectivity index (χ1) is 14.4. The molecule has 1 N–H and O–H groups in total. The molecule has 0 atom stereocenters. The third-order valence-electron chi connectivity index (χ3n) is 5.35. The van der Waals surface area contributed by atoms with Crippen molar-refractivity contribution in [2.24, 2.45) is 4.99 Å². The molecule has 0 radical (unpaired) electrons. The molecular formula is C24H26N2O4. The molecule has 156 valence electrons. The Kier molecular flexibility index (Phi) is 6.77. The fourth-order valence-electron chi connectivity index (χ4n) is 3.74. The average Bonchev–Trinajstić information content (AvgIpc) is 3.03. The third kappa shape index (κ3) is 5.00. The number of Topliss-reactive ketones (excluding diaryl/α,β-unsaturated/α-hetero) is 2. The van der Waals surface area contributed by atoms with Crippen molar-refractivity contribution in [3.63, 3.8) is 0 Å². The van der Waals surface area contributed by atoms with Crippen LogP contribution in [-0.4, -0.2) is 23.5 Å². The van der Waals surface area contributed by atoms with E-state index in [1.54, 1.807) is 0 Å². The Bertz CT molecular complexity index is 948. The molecule has 1 heterocycles. The minimum absolute atomic E-state index is 0.0487. The second-order valence-corrected chi connectivity index (χ2v) is 7.65. The van der Waals surface area contributed by atoms with Gasteiger partial charge in [0.1, 0.15) is 24.0 Å². The number of hydrogen-bond donors (Lipinski definition) is 1. The van der Waals surface area contributed by atoms with Gasteiger partial charge in [0.05, 0.1) is 11.1 Å². The van der Waals surface area contributed by atoms with E-state index in [0.29, 0.717) is 31.5 Å². The van der Waals surface area contributed by atoms with E-state index in [1.165, 1.54) is 13.8 Å². The van der Waals surface area contributed by atoms with E-state index in [-0.39, 0.29) is 18.2 Å². The smallest absolute Gasteiger partial charge is 0.412 e. The van der Waals surface area contributed by atoms with Gasteiger partial charge in [0.15, 0.2) is 0 Å². The number of rotatable bonds is 8. The first-order valence-electron chi connectivity index (χ1n) is 10.1. The van der Waals surface area contributed by atoms with Crippen molar-refractivity contribution in [3.8, 4) is 0 Å². The van der Waals surface area contributed by atoms with E-state index >= 15 is 0 Å². The topological polar surface area (TPSA) is 84.8 Å². The second kappa shape index (κ2) is 9.48. The highest BCUT2D eigenvalue weighted by atomic mass is 16.5. The standard InChI is InChI=1S/C24H26N2O4/c1-17(27)12-14-24(15-13-18(2)28)20-10-6-7-11-21(20)25-22(24)26-23(29)30-16-19-8-4-3-5-9-19/h3-11H,12-16H2,1-2H3,(H,25,26,29). The number of amides is 1. The van der Waals surface area contributed by atoms with Gasteiger partial charge in [-0.25, -0.2) is 9.79 Å². The van der Waals surface area contributed by atoms with Gasteiger partial charge in [0, 0.05) is 12.8 Å². The monoisotopic (exact) mass is 406 g/mol. The molecule has 1 aliphatic rings. The van der Waals surface area contributed by atoms with Crippen LogP contribution < -0.4 is 5.32 Å². The molecule has 6 nitrogen and oxygen atoms in total. The largest absolute Gasteiger partial charge is 0.444 e. The minimum atomic E-state index is -0.709. The number of ketones is 2. The first-order valence-corrected chi connectivity index (χ1v) is 10.1. The zero-order valence-electron chi connectivity index (χ0n) is 17.3. The molecule has 2 aromatic rings. The summed E-state index contributed by atoms with van der Waals surface area (Å²) in [6, 6.07) is 17.0. The quantitative estimate of drug-likeness (QED) is 0.692. The van der Waals surface area contributed by atoms with Crippen molar-refractivity contribution < 1.29 is 19.1 Å². The van der Waals surface area contributed by atoms with Crippen molar-refractivity contribution in [3.05, 3.63) is 65.7 Å². The van der Waals surface area contributed by atoms with Crippen LogP contribution in [0, 0.1) is 0 Å². The van der Waals surface area contributed by atoms with Gasteiger partial charge in [-0.3, -0.25) is 5.32 Å². The lowest BCUT2D eigenvalue weighted by atomic mass is 9.72. The Morgan fingerprint density at radius 1 is 0.900 bits per heavy atom. The number of fused-ring (bicyclic) bond motifs is 1. The molecule has 0 fully saturated rings. The molecule has 3 rings (SSSR count). The van der Waals surface area contributed by atoms with Crippen LogP contribution in [0.4, 0.5) is 10.5 Å². The predicted octanol–water partition coefficient (Wildman–Crippen LogP) is 4.63. The van der Waals surface area contributed by atoms with Crippen LogP contribution in [0.15, 0.2) is 59.6 Å². The number of nitrogens with zero attached hydrogens (tertiary/aromatic N) is 1. The SMILES string of the molecule is CC(=O)CCC1(CCC(C)=O)C(NC(=O)OCc2ccccc2)=Nc2ccccc21. The molecule has 1 amide bonds. The zero-order valence-corrected chi connectivity index (χ0v) is 17.3. The predicted molar refractivity (Wildman–Crippen MR) is 115 cm³/mol. The van der Waals surface area contributed by atoms with Gasteiger partial charge in [-0.1, -0.05) is 48.5 Å². The molecule has 0 aliphatic carbocycles. The van der Waals surface area contributed by atoms with Gasteiger partial charge in [-0.2, -0.15) is 0 Å². The number of carbonyl (C=O) groups is 3. The number of hydrogen-bond acceptors (Lipinski definition) is 5. The first kappa shape index (κ1) is 21.4. The van der Waals surface area contributed by atoms with E-state index in [1.807, 2.05) is 54.6 Å². The van der Waals surface area contributed by atoms with Gasteiger partial charge in [0.25, 0.3) is 0 Å². The Morgan fingerprint density at radius 3 is 2.13 bits per heavy atom. The molecule has 0 saturated heterocycles. The highest BCUT2D eigenvalue weighted by Crippen LogP contribution is 2.45. The summed E-state index contributed by atoms with van der Waals surface area (Å²) in [6.07, 6.45) is 0.966. The fourth-order valence-corrected chi connectivity index (χ4v) is 3.74. The summed E-state index contributed by atoms with van der Waals surface area (Å²) < 4.78 is 5.37. The van der Waals surface area contributed by atoms with E-state index in [2.05, 4.69) is 10.3 Å². The molecule has 0 aromatic heterocycles. The Labute approximate surface area is 176 Å². The van der Waals surface area contributed by atoms with Crippen molar-refractivity contribution in [2.75, 3.05) is 0 Å². The van der Waals surface area contributed by atoms with Crippen LogP contribution in [0.25, 0.3) is 0 Å². The van der Waals surface area contributed by atoms with Gasteiger partial charge in [-0.05, 0) is 43.9 Å². The number of carbonyl (C=O) groups excluding carboxylic acids is 3. The van der Waals surface area contributed by atoms with Crippen molar-refractivity contribution in [1.82, 2.24) is 5.32 Å². The summed E-state index contributed by atoms with van der Waals surface area (Å²) in [6.45, 7) is 3.22. The maximum Gasteiger partial charge on any atom is 0.412 e. The number of alkyl carbamates (subject to hydrolysis) is 1. The Hall–Kier alpha value is -3.28. The number of nitrogens with one attached hydrogen (secondary N) is 1. The fraction of sp³-hybridized carbons (Fsp3) is 0.333. The highest BCUT2D eigenvalue weighted by Gasteiger charge is 2.44. The van der Waals surface area contributed by atoms with Crippen molar-refractivity contribution >= 4 is 29.2 Å². The minimum Gasteiger partial charge on any atom is -0.444 e. The Balaban J connectivity index is 1.84. The van der Waals surface area contributed by atoms with E-state index in [0.717, 1.165) is 16.8 Å². The van der Waals surface area contributed by atoms with Gasteiger partial charge < -0.3 is 14.3 Å². The highest BCUT2D eigenvalue weighted by molar-refractivity contribution is 6.07. The summed E-state index contributed by atoms with van der Waals surface area (Å²) in [5, 5.41) is 2.80. The average molecular weight is 406 g/mol. The maximum absolute atomic E-state index is 12.5. The lowest BCUT2D eigenvalue weighted by Crippen LogP contribution is -2.45. The van der Waals surface area contributed by atoms with Crippen LogP contribution in [0.1, 0.15) is 50.7 Å². The molecule has 0 saturated carbocycles. The van der Waals surface area contributed by atoms with Crippen molar-refractivity contribution in [2.45, 2.75) is 51.6 Å².